The van der Waals surface area contributed by atoms with Crippen LogP contribution in [0, 0.1) is 19.8 Å². The summed E-state index contributed by atoms with van der Waals surface area (Å²) in [7, 11) is 0. The van der Waals surface area contributed by atoms with Crippen molar-refractivity contribution in [2.45, 2.75) is 52.0 Å². The Morgan fingerprint density at radius 2 is 2.12 bits per heavy atom. The van der Waals surface area contributed by atoms with Gasteiger partial charge >= 0.3 is 6.03 Å². The quantitative estimate of drug-likeness (QED) is 0.728. The molecule has 2 aromatic rings. The van der Waals surface area contributed by atoms with Crippen molar-refractivity contribution >= 4 is 11.7 Å². The average Bonchev–Trinajstić information content (AvgIpc) is 3.24. The maximum atomic E-state index is 12.3. The number of benzene rings is 1. The third-order valence-corrected chi connectivity index (χ3v) is 5.04. The Balaban J connectivity index is 1.60. The topological polar surface area (TPSA) is 87.4 Å². The van der Waals surface area contributed by atoms with Gasteiger partial charge in [0.25, 0.3) is 0 Å². The van der Waals surface area contributed by atoms with E-state index in [0.29, 0.717) is 17.5 Å². The van der Waals surface area contributed by atoms with Gasteiger partial charge in [-0.2, -0.15) is 0 Å². The van der Waals surface area contributed by atoms with Crippen LogP contribution in [0.3, 0.4) is 0 Å². The fourth-order valence-corrected chi connectivity index (χ4v) is 3.51. The van der Waals surface area contributed by atoms with E-state index in [1.807, 2.05) is 38.1 Å². The summed E-state index contributed by atoms with van der Waals surface area (Å²) < 4.78 is 5.64. The molecule has 1 unspecified atom stereocenters. The van der Waals surface area contributed by atoms with Gasteiger partial charge in [-0.1, -0.05) is 31.7 Å². The number of hydrogen-bond donors (Lipinski definition) is 3. The number of aromatic nitrogens is 1. The summed E-state index contributed by atoms with van der Waals surface area (Å²) in [5, 5.41) is 15.3. The van der Waals surface area contributed by atoms with Gasteiger partial charge in [0.1, 0.15) is 5.76 Å². The molecular formula is C20H27N3O3. The van der Waals surface area contributed by atoms with E-state index in [0.717, 1.165) is 23.4 Å². The fourth-order valence-electron chi connectivity index (χ4n) is 3.51. The second-order valence-electron chi connectivity index (χ2n) is 7.11. The first-order chi connectivity index (χ1) is 12.5. The van der Waals surface area contributed by atoms with E-state index in [4.69, 9.17) is 4.42 Å². The summed E-state index contributed by atoms with van der Waals surface area (Å²) in [4.78, 5) is 16.7. The summed E-state index contributed by atoms with van der Waals surface area (Å²) in [6.45, 7) is 3.73. The maximum absolute atomic E-state index is 12.3. The Morgan fingerprint density at radius 3 is 2.77 bits per heavy atom. The van der Waals surface area contributed by atoms with Crippen LogP contribution in [-0.4, -0.2) is 28.8 Å². The summed E-state index contributed by atoms with van der Waals surface area (Å²) in [6.07, 6.45) is 5.72. The average molecular weight is 357 g/mol. The summed E-state index contributed by atoms with van der Waals surface area (Å²) in [6, 6.07) is 6.87. The van der Waals surface area contributed by atoms with E-state index in [2.05, 4.69) is 15.6 Å². The molecule has 2 amide bonds. The molecule has 1 atom stereocenters. The molecule has 0 radical (unpaired) electrons. The van der Waals surface area contributed by atoms with Crippen molar-refractivity contribution < 1.29 is 14.3 Å². The minimum atomic E-state index is -0.307. The molecule has 0 spiro atoms. The van der Waals surface area contributed by atoms with Crippen LogP contribution in [-0.2, 0) is 0 Å². The maximum Gasteiger partial charge on any atom is 0.319 e. The monoisotopic (exact) mass is 357 g/mol. The molecule has 140 valence electrons. The zero-order valence-corrected chi connectivity index (χ0v) is 15.4. The van der Waals surface area contributed by atoms with Crippen molar-refractivity contribution in [3.05, 3.63) is 35.7 Å². The van der Waals surface area contributed by atoms with E-state index < -0.39 is 0 Å². The zero-order valence-electron chi connectivity index (χ0n) is 15.4. The highest BCUT2D eigenvalue weighted by molar-refractivity contribution is 5.90. The van der Waals surface area contributed by atoms with Gasteiger partial charge in [0, 0.05) is 11.3 Å². The number of nitrogens with zero attached hydrogens (tertiary/aromatic N) is 1. The number of urea groups is 1. The Kier molecular flexibility index (Phi) is 5.93. The summed E-state index contributed by atoms with van der Waals surface area (Å²) >= 11 is 0. The van der Waals surface area contributed by atoms with Gasteiger partial charge in [-0.25, -0.2) is 9.78 Å². The minimum absolute atomic E-state index is 0.0428. The van der Waals surface area contributed by atoms with Gasteiger partial charge in [-0.3, -0.25) is 0 Å². The Morgan fingerprint density at radius 1 is 1.35 bits per heavy atom. The van der Waals surface area contributed by atoms with Crippen LogP contribution in [0.5, 0.6) is 0 Å². The van der Waals surface area contributed by atoms with Crippen LogP contribution in [0.15, 0.2) is 28.7 Å². The first-order valence-electron chi connectivity index (χ1n) is 9.28. The van der Waals surface area contributed by atoms with E-state index in [1.54, 1.807) is 0 Å². The van der Waals surface area contributed by atoms with Crippen LogP contribution in [0.2, 0.25) is 0 Å². The molecule has 26 heavy (non-hydrogen) atoms. The van der Waals surface area contributed by atoms with E-state index in [9.17, 15) is 9.90 Å². The van der Waals surface area contributed by atoms with Crippen molar-refractivity contribution in [3.63, 3.8) is 0 Å². The van der Waals surface area contributed by atoms with Crippen molar-refractivity contribution in [2.24, 2.45) is 5.92 Å². The summed E-state index contributed by atoms with van der Waals surface area (Å²) in [5.41, 5.74) is 2.32. The van der Waals surface area contributed by atoms with Crippen molar-refractivity contribution in [1.29, 1.82) is 0 Å². The van der Waals surface area contributed by atoms with E-state index >= 15 is 0 Å². The summed E-state index contributed by atoms with van der Waals surface area (Å²) in [5.74, 6) is 1.93. The SMILES string of the molecule is Cc1nc(-c2cccc(NC(=O)NC(CO)CC3CCCC3)c2)oc1C. The predicted octanol–water partition coefficient (Wildman–Crippen LogP) is 4.02. The normalized spacial score (nSPS) is 15.8. The number of oxazole rings is 1. The highest BCUT2D eigenvalue weighted by Crippen LogP contribution is 2.28. The number of aliphatic hydroxyl groups excluding tert-OH is 1. The lowest BCUT2D eigenvalue weighted by molar-refractivity contribution is 0.210. The number of carbonyl (C=O) groups is 1. The van der Waals surface area contributed by atoms with Crippen LogP contribution >= 0.6 is 0 Å². The number of aryl methyl sites for hydroxylation is 2. The molecule has 1 fully saturated rings. The molecule has 1 saturated carbocycles. The van der Waals surface area contributed by atoms with Crippen LogP contribution < -0.4 is 10.6 Å². The molecule has 0 aliphatic heterocycles. The third kappa shape index (κ3) is 4.64. The van der Waals surface area contributed by atoms with Crippen LogP contribution in [0.1, 0.15) is 43.6 Å². The Hall–Kier alpha value is -2.34. The lowest BCUT2D eigenvalue weighted by Gasteiger charge is -2.20. The number of hydrogen-bond acceptors (Lipinski definition) is 4. The van der Waals surface area contributed by atoms with Gasteiger partial charge in [0.2, 0.25) is 5.89 Å². The standard InChI is InChI=1S/C20H27N3O3/c1-13-14(2)26-19(21-13)16-8-5-9-17(11-16)22-20(25)23-18(12-24)10-15-6-3-4-7-15/h5,8-9,11,15,18,24H,3-4,6-7,10,12H2,1-2H3,(H2,22,23,25). The number of carbonyl (C=O) groups excluding carboxylic acids is 1. The van der Waals surface area contributed by atoms with Gasteiger partial charge in [-0.05, 0) is 44.4 Å². The highest BCUT2D eigenvalue weighted by atomic mass is 16.4. The largest absolute Gasteiger partial charge is 0.441 e. The first-order valence-corrected chi connectivity index (χ1v) is 9.28. The van der Waals surface area contributed by atoms with Gasteiger partial charge < -0.3 is 20.2 Å². The zero-order chi connectivity index (χ0) is 18.5. The fraction of sp³-hybridized carbons (Fsp3) is 0.500. The molecule has 1 aromatic carbocycles. The number of anilines is 1. The molecule has 3 N–H and O–H groups in total. The second-order valence-corrected chi connectivity index (χ2v) is 7.11. The van der Waals surface area contributed by atoms with E-state index in [1.165, 1.54) is 25.7 Å². The molecule has 0 bridgehead atoms. The molecule has 6 nitrogen and oxygen atoms in total. The smallest absolute Gasteiger partial charge is 0.319 e. The molecule has 6 heteroatoms. The number of amides is 2. The van der Waals surface area contributed by atoms with Gasteiger partial charge in [0.15, 0.2) is 0 Å². The second kappa shape index (κ2) is 8.36. The van der Waals surface area contributed by atoms with Crippen molar-refractivity contribution in [1.82, 2.24) is 10.3 Å². The number of rotatable bonds is 6. The molecule has 1 aromatic heterocycles. The highest BCUT2D eigenvalue weighted by Gasteiger charge is 2.21. The molecule has 1 aliphatic carbocycles. The third-order valence-electron chi connectivity index (χ3n) is 5.04. The molecule has 0 saturated heterocycles. The van der Waals surface area contributed by atoms with Crippen molar-refractivity contribution in [2.75, 3.05) is 11.9 Å². The molecule has 1 aliphatic rings. The Labute approximate surface area is 154 Å². The van der Waals surface area contributed by atoms with Crippen LogP contribution in [0.25, 0.3) is 11.5 Å². The predicted molar refractivity (Wildman–Crippen MR) is 101 cm³/mol. The van der Waals surface area contributed by atoms with Crippen LogP contribution in [0.4, 0.5) is 10.5 Å². The number of aliphatic hydroxyl groups is 1. The van der Waals surface area contributed by atoms with Crippen molar-refractivity contribution in [3.8, 4) is 11.5 Å². The minimum Gasteiger partial charge on any atom is -0.441 e. The molecular weight excluding hydrogens is 330 g/mol. The lowest BCUT2D eigenvalue weighted by atomic mass is 9.99. The molecule has 3 rings (SSSR count). The van der Waals surface area contributed by atoms with Gasteiger partial charge in [0.05, 0.1) is 18.3 Å². The first kappa shape index (κ1) is 18.5. The van der Waals surface area contributed by atoms with E-state index in [-0.39, 0.29) is 18.7 Å². The number of nitrogens with one attached hydrogen (secondary N) is 2. The molecule has 1 heterocycles. The van der Waals surface area contributed by atoms with Gasteiger partial charge in [-0.15, -0.1) is 0 Å². The Bertz CT molecular complexity index is 731. The lowest BCUT2D eigenvalue weighted by Crippen LogP contribution is -2.41.